The van der Waals surface area contributed by atoms with E-state index in [4.69, 9.17) is 9.15 Å². The van der Waals surface area contributed by atoms with E-state index in [9.17, 15) is 4.79 Å². The van der Waals surface area contributed by atoms with Gasteiger partial charge in [-0.2, -0.15) is 0 Å². The standard InChI is InChI=1S/C22H22N2O3/c1-4-26-19-11-7-8-15-12-20(27-21(15)19)14(2)23-22(25)17-13-24(3)18-10-6-5-9-16(17)18/h5-14H,4H2,1-3H3,(H,23,25)/t14-/m1/s1. The van der Waals surface area contributed by atoms with E-state index in [2.05, 4.69) is 5.32 Å². The fourth-order valence-electron chi connectivity index (χ4n) is 3.41. The number of nitrogens with one attached hydrogen (secondary N) is 1. The zero-order valence-corrected chi connectivity index (χ0v) is 15.7. The maximum atomic E-state index is 12.8. The number of amides is 1. The minimum absolute atomic E-state index is 0.121. The number of hydrogen-bond donors (Lipinski definition) is 1. The van der Waals surface area contributed by atoms with E-state index in [0.717, 1.165) is 16.3 Å². The summed E-state index contributed by atoms with van der Waals surface area (Å²) in [5.41, 5.74) is 2.40. The lowest BCUT2D eigenvalue weighted by molar-refractivity contribution is 0.0937. The average molecular weight is 362 g/mol. The van der Waals surface area contributed by atoms with Gasteiger partial charge in [-0.25, -0.2) is 0 Å². The molecule has 0 saturated carbocycles. The number of carbonyl (C=O) groups is 1. The molecule has 0 bridgehead atoms. The molecule has 4 rings (SSSR count). The molecule has 0 unspecified atom stereocenters. The largest absolute Gasteiger partial charge is 0.490 e. The number of nitrogens with zero attached hydrogens (tertiary/aromatic N) is 1. The number of aryl methyl sites for hydroxylation is 1. The summed E-state index contributed by atoms with van der Waals surface area (Å²) in [5.74, 6) is 1.30. The van der Waals surface area contributed by atoms with Gasteiger partial charge in [0.15, 0.2) is 11.3 Å². The van der Waals surface area contributed by atoms with Crippen molar-refractivity contribution in [1.29, 1.82) is 0 Å². The number of benzene rings is 2. The van der Waals surface area contributed by atoms with Crippen LogP contribution < -0.4 is 10.1 Å². The molecule has 138 valence electrons. The van der Waals surface area contributed by atoms with Crippen LogP contribution in [0.3, 0.4) is 0 Å². The highest BCUT2D eigenvalue weighted by Crippen LogP contribution is 2.31. The topological polar surface area (TPSA) is 56.4 Å². The Hall–Kier alpha value is -3.21. The second kappa shape index (κ2) is 6.83. The maximum absolute atomic E-state index is 12.8. The smallest absolute Gasteiger partial charge is 0.254 e. The molecule has 0 aliphatic rings. The molecule has 2 heterocycles. The molecule has 0 aliphatic carbocycles. The molecule has 1 amide bonds. The van der Waals surface area contributed by atoms with Gasteiger partial charge in [-0.05, 0) is 32.0 Å². The van der Waals surface area contributed by atoms with Crippen molar-refractivity contribution in [2.75, 3.05) is 6.61 Å². The number of aromatic nitrogens is 1. The van der Waals surface area contributed by atoms with Gasteiger partial charge in [0.1, 0.15) is 5.76 Å². The molecule has 1 atom stereocenters. The van der Waals surface area contributed by atoms with Crippen LogP contribution in [0.4, 0.5) is 0 Å². The summed E-state index contributed by atoms with van der Waals surface area (Å²) in [6, 6.07) is 15.4. The SMILES string of the molecule is CCOc1cccc2cc([C@@H](C)NC(=O)c3cn(C)c4ccccc34)oc12. The number of hydrogen-bond acceptors (Lipinski definition) is 3. The van der Waals surface area contributed by atoms with Crippen LogP contribution in [0.15, 0.2) is 59.1 Å². The van der Waals surface area contributed by atoms with Crippen LogP contribution in [0, 0.1) is 0 Å². The first kappa shape index (κ1) is 17.2. The van der Waals surface area contributed by atoms with Crippen LogP contribution in [-0.2, 0) is 7.05 Å². The van der Waals surface area contributed by atoms with Gasteiger partial charge >= 0.3 is 0 Å². The van der Waals surface area contributed by atoms with Crippen molar-refractivity contribution in [2.45, 2.75) is 19.9 Å². The normalized spacial score (nSPS) is 12.4. The Balaban J connectivity index is 1.61. The summed E-state index contributed by atoms with van der Waals surface area (Å²) < 4.78 is 13.6. The van der Waals surface area contributed by atoms with Crippen LogP contribution in [0.25, 0.3) is 21.9 Å². The van der Waals surface area contributed by atoms with Gasteiger partial charge in [0.25, 0.3) is 5.91 Å². The number of carbonyl (C=O) groups excluding carboxylic acids is 1. The fourth-order valence-corrected chi connectivity index (χ4v) is 3.41. The van der Waals surface area contributed by atoms with Gasteiger partial charge in [-0.3, -0.25) is 4.79 Å². The molecular weight excluding hydrogens is 340 g/mol. The Labute approximate surface area is 157 Å². The monoisotopic (exact) mass is 362 g/mol. The van der Waals surface area contributed by atoms with Crippen molar-refractivity contribution < 1.29 is 13.9 Å². The molecule has 0 fully saturated rings. The van der Waals surface area contributed by atoms with E-state index in [1.165, 1.54) is 0 Å². The molecule has 5 nitrogen and oxygen atoms in total. The summed E-state index contributed by atoms with van der Waals surface area (Å²) in [6.45, 7) is 4.43. The second-order valence-corrected chi connectivity index (χ2v) is 6.62. The van der Waals surface area contributed by atoms with Gasteiger partial charge in [0.2, 0.25) is 0 Å². The molecule has 2 aromatic heterocycles. The van der Waals surface area contributed by atoms with Gasteiger partial charge in [0.05, 0.1) is 18.2 Å². The first-order valence-electron chi connectivity index (χ1n) is 9.08. The number of ether oxygens (including phenoxy) is 1. The van der Waals surface area contributed by atoms with Crippen LogP contribution in [0.1, 0.15) is 36.0 Å². The van der Waals surface area contributed by atoms with Crippen molar-refractivity contribution in [3.8, 4) is 5.75 Å². The van der Waals surface area contributed by atoms with Gasteiger partial charge < -0.3 is 19.0 Å². The van der Waals surface area contributed by atoms with E-state index in [1.807, 2.05) is 80.2 Å². The number of furan rings is 1. The van der Waals surface area contributed by atoms with Crippen molar-refractivity contribution in [1.82, 2.24) is 9.88 Å². The minimum Gasteiger partial charge on any atom is -0.490 e. The Morgan fingerprint density at radius 3 is 2.85 bits per heavy atom. The van der Waals surface area contributed by atoms with E-state index in [1.54, 1.807) is 0 Å². The van der Waals surface area contributed by atoms with E-state index in [-0.39, 0.29) is 11.9 Å². The Morgan fingerprint density at radius 1 is 1.22 bits per heavy atom. The minimum atomic E-state index is -0.265. The number of rotatable bonds is 5. The van der Waals surface area contributed by atoms with Crippen LogP contribution in [-0.4, -0.2) is 17.1 Å². The molecule has 0 spiro atoms. The van der Waals surface area contributed by atoms with Crippen molar-refractivity contribution in [3.05, 3.63) is 66.1 Å². The van der Waals surface area contributed by atoms with Crippen molar-refractivity contribution in [2.24, 2.45) is 7.05 Å². The highest BCUT2D eigenvalue weighted by Gasteiger charge is 2.19. The summed E-state index contributed by atoms with van der Waals surface area (Å²) >= 11 is 0. The third kappa shape index (κ3) is 3.05. The van der Waals surface area contributed by atoms with Gasteiger partial charge in [-0.1, -0.05) is 30.3 Å². The lowest BCUT2D eigenvalue weighted by atomic mass is 10.1. The molecule has 0 saturated heterocycles. The van der Waals surface area contributed by atoms with E-state index < -0.39 is 0 Å². The van der Waals surface area contributed by atoms with Crippen LogP contribution in [0.5, 0.6) is 5.75 Å². The molecule has 5 heteroatoms. The van der Waals surface area contributed by atoms with Crippen molar-refractivity contribution >= 4 is 27.8 Å². The number of fused-ring (bicyclic) bond motifs is 2. The Kier molecular flexibility index (Phi) is 4.36. The molecule has 1 N–H and O–H groups in total. The Bertz CT molecular complexity index is 1120. The predicted molar refractivity (Wildman–Crippen MR) is 106 cm³/mol. The second-order valence-electron chi connectivity index (χ2n) is 6.62. The first-order valence-corrected chi connectivity index (χ1v) is 9.08. The Morgan fingerprint density at radius 2 is 2.04 bits per heavy atom. The third-order valence-corrected chi connectivity index (χ3v) is 4.74. The summed E-state index contributed by atoms with van der Waals surface area (Å²) in [7, 11) is 1.94. The highest BCUT2D eigenvalue weighted by atomic mass is 16.5. The zero-order valence-electron chi connectivity index (χ0n) is 15.7. The van der Waals surface area contributed by atoms with Gasteiger partial charge in [-0.15, -0.1) is 0 Å². The first-order chi connectivity index (χ1) is 13.1. The lowest BCUT2D eigenvalue weighted by Crippen LogP contribution is -2.26. The molecule has 2 aromatic carbocycles. The predicted octanol–water partition coefficient (Wildman–Crippen LogP) is 4.81. The zero-order chi connectivity index (χ0) is 19.0. The maximum Gasteiger partial charge on any atom is 0.254 e. The third-order valence-electron chi connectivity index (χ3n) is 4.74. The molecule has 0 aliphatic heterocycles. The molecule has 27 heavy (non-hydrogen) atoms. The van der Waals surface area contributed by atoms with E-state index >= 15 is 0 Å². The van der Waals surface area contributed by atoms with Crippen molar-refractivity contribution in [3.63, 3.8) is 0 Å². The van der Waals surface area contributed by atoms with Crippen LogP contribution in [0.2, 0.25) is 0 Å². The fraction of sp³-hybridized carbons (Fsp3) is 0.227. The molecule has 4 aromatic rings. The summed E-state index contributed by atoms with van der Waals surface area (Å²) in [5, 5.41) is 4.94. The van der Waals surface area contributed by atoms with E-state index in [0.29, 0.717) is 29.3 Å². The molecular formula is C22H22N2O3. The summed E-state index contributed by atoms with van der Waals surface area (Å²) in [6.07, 6.45) is 1.86. The quantitative estimate of drug-likeness (QED) is 0.554. The average Bonchev–Trinajstić information content (AvgIpc) is 3.25. The summed E-state index contributed by atoms with van der Waals surface area (Å²) in [4.78, 5) is 12.8. The lowest BCUT2D eigenvalue weighted by Gasteiger charge is -2.11. The number of para-hydroxylation sites is 2. The van der Waals surface area contributed by atoms with Gasteiger partial charge in [0, 0.05) is 29.5 Å². The molecule has 0 radical (unpaired) electrons. The highest BCUT2D eigenvalue weighted by molar-refractivity contribution is 6.07. The van der Waals surface area contributed by atoms with Crippen LogP contribution >= 0.6 is 0 Å².